The Morgan fingerprint density at radius 3 is 2.22 bits per heavy atom. The first kappa shape index (κ1) is 16.9. The molecule has 0 saturated carbocycles. The molecule has 5 nitrogen and oxygen atoms in total. The van der Waals surface area contributed by atoms with E-state index in [1.54, 1.807) is 36.2 Å². The Balaban J connectivity index is 2.05. The number of benzene rings is 2. The normalized spacial score (nSPS) is 10.6. The van der Waals surface area contributed by atoms with Gasteiger partial charge in [-0.2, -0.15) is 5.10 Å². The van der Waals surface area contributed by atoms with Crippen molar-refractivity contribution in [3.63, 3.8) is 0 Å². The second-order valence-electron chi connectivity index (χ2n) is 4.57. The van der Waals surface area contributed by atoms with Crippen LogP contribution in [-0.4, -0.2) is 32.6 Å². The Bertz CT molecular complexity index is 677. The molecule has 0 aliphatic carbocycles. The third-order valence-corrected chi connectivity index (χ3v) is 3.85. The van der Waals surface area contributed by atoms with E-state index in [9.17, 15) is 4.79 Å². The molecule has 0 radical (unpaired) electrons. The van der Waals surface area contributed by atoms with E-state index in [0.29, 0.717) is 17.1 Å². The molecule has 0 aromatic heterocycles. The SMILES string of the molecule is COc1cc(OC)cc(C(=O)N/N=C\c2ccc(SC)cc2)c1. The van der Waals surface area contributed by atoms with Crippen molar-refractivity contribution in [2.75, 3.05) is 20.5 Å². The molecule has 0 atom stereocenters. The monoisotopic (exact) mass is 330 g/mol. The fraction of sp³-hybridized carbons (Fsp3) is 0.176. The predicted molar refractivity (Wildman–Crippen MR) is 92.8 cm³/mol. The number of rotatable bonds is 6. The molecule has 0 spiro atoms. The minimum absolute atomic E-state index is 0.334. The number of carbonyl (C=O) groups is 1. The van der Waals surface area contributed by atoms with Crippen LogP contribution in [0, 0.1) is 0 Å². The molecule has 1 amide bonds. The molecule has 0 aliphatic rings. The van der Waals surface area contributed by atoms with Crippen molar-refractivity contribution in [1.82, 2.24) is 5.43 Å². The molecule has 23 heavy (non-hydrogen) atoms. The smallest absolute Gasteiger partial charge is 0.271 e. The standard InChI is InChI=1S/C17H18N2O3S/c1-21-14-8-13(9-15(10-14)22-2)17(20)19-18-11-12-4-6-16(23-3)7-5-12/h4-11H,1-3H3,(H,19,20)/b18-11-. The molecule has 0 fully saturated rings. The molecule has 0 aliphatic heterocycles. The number of hydrogen-bond acceptors (Lipinski definition) is 5. The maximum atomic E-state index is 12.1. The van der Waals surface area contributed by atoms with Crippen molar-refractivity contribution in [3.8, 4) is 11.5 Å². The number of hydrazone groups is 1. The van der Waals surface area contributed by atoms with Crippen LogP contribution in [0.3, 0.4) is 0 Å². The molecule has 1 N–H and O–H groups in total. The second-order valence-corrected chi connectivity index (χ2v) is 5.45. The first-order chi connectivity index (χ1) is 11.2. The van der Waals surface area contributed by atoms with Crippen LogP contribution in [0.5, 0.6) is 11.5 Å². The highest BCUT2D eigenvalue weighted by Crippen LogP contribution is 2.22. The van der Waals surface area contributed by atoms with Crippen LogP contribution in [0.1, 0.15) is 15.9 Å². The average Bonchev–Trinajstić information content (AvgIpc) is 2.61. The van der Waals surface area contributed by atoms with Gasteiger partial charge in [0.2, 0.25) is 0 Å². The molecule has 2 aromatic carbocycles. The van der Waals surface area contributed by atoms with E-state index < -0.39 is 0 Å². The van der Waals surface area contributed by atoms with Crippen molar-refractivity contribution in [3.05, 3.63) is 53.6 Å². The largest absolute Gasteiger partial charge is 0.497 e. The van der Waals surface area contributed by atoms with Gasteiger partial charge >= 0.3 is 0 Å². The summed E-state index contributed by atoms with van der Waals surface area (Å²) in [4.78, 5) is 13.3. The van der Waals surface area contributed by atoms with Gasteiger partial charge in [-0.15, -0.1) is 11.8 Å². The van der Waals surface area contributed by atoms with E-state index in [0.717, 1.165) is 5.56 Å². The van der Waals surface area contributed by atoms with Crippen molar-refractivity contribution >= 4 is 23.9 Å². The minimum atomic E-state index is -0.334. The van der Waals surface area contributed by atoms with Crippen molar-refractivity contribution in [2.24, 2.45) is 5.10 Å². The predicted octanol–water partition coefficient (Wildman–Crippen LogP) is 3.19. The fourth-order valence-electron chi connectivity index (χ4n) is 1.86. The first-order valence-corrected chi connectivity index (χ1v) is 8.09. The molecular weight excluding hydrogens is 312 g/mol. The number of methoxy groups -OCH3 is 2. The Kier molecular flexibility index (Phi) is 6.05. The van der Waals surface area contributed by atoms with Gasteiger partial charge in [0, 0.05) is 16.5 Å². The molecule has 0 saturated heterocycles. The first-order valence-electron chi connectivity index (χ1n) is 6.87. The second kappa shape index (κ2) is 8.24. The summed E-state index contributed by atoms with van der Waals surface area (Å²) >= 11 is 1.67. The van der Waals surface area contributed by atoms with Crippen molar-refractivity contribution < 1.29 is 14.3 Å². The zero-order chi connectivity index (χ0) is 16.7. The van der Waals surface area contributed by atoms with Crippen LogP contribution in [0.15, 0.2) is 52.5 Å². The summed E-state index contributed by atoms with van der Waals surface area (Å²) in [6, 6.07) is 12.8. The highest BCUT2D eigenvalue weighted by molar-refractivity contribution is 7.98. The molecule has 0 unspecified atom stereocenters. The summed E-state index contributed by atoms with van der Waals surface area (Å²) in [6.45, 7) is 0. The van der Waals surface area contributed by atoms with Gasteiger partial charge < -0.3 is 9.47 Å². The lowest BCUT2D eigenvalue weighted by atomic mass is 10.2. The Morgan fingerprint density at radius 1 is 1.09 bits per heavy atom. The summed E-state index contributed by atoms with van der Waals surface area (Å²) in [6.07, 6.45) is 3.62. The van der Waals surface area contributed by atoms with Gasteiger partial charge in [-0.3, -0.25) is 4.79 Å². The number of ether oxygens (including phenoxy) is 2. The Labute approximate surface area is 139 Å². The van der Waals surface area contributed by atoms with E-state index in [1.165, 1.54) is 19.1 Å². The summed E-state index contributed by atoms with van der Waals surface area (Å²) < 4.78 is 10.3. The third-order valence-electron chi connectivity index (χ3n) is 3.11. The van der Waals surface area contributed by atoms with E-state index >= 15 is 0 Å². The zero-order valence-electron chi connectivity index (χ0n) is 13.2. The van der Waals surface area contributed by atoms with Crippen LogP contribution in [0.4, 0.5) is 0 Å². The number of nitrogens with one attached hydrogen (secondary N) is 1. The number of nitrogens with zero attached hydrogens (tertiary/aromatic N) is 1. The van der Waals surface area contributed by atoms with Crippen LogP contribution in [0.25, 0.3) is 0 Å². The molecular formula is C17H18N2O3S. The highest BCUT2D eigenvalue weighted by atomic mass is 32.2. The van der Waals surface area contributed by atoms with Crippen molar-refractivity contribution in [1.29, 1.82) is 0 Å². The summed E-state index contributed by atoms with van der Waals surface area (Å²) in [5, 5.41) is 3.97. The summed E-state index contributed by atoms with van der Waals surface area (Å²) in [5.74, 6) is 0.761. The number of hydrogen-bond donors (Lipinski definition) is 1. The highest BCUT2D eigenvalue weighted by Gasteiger charge is 2.08. The molecule has 2 rings (SSSR count). The molecule has 0 bridgehead atoms. The third kappa shape index (κ3) is 4.75. The van der Waals surface area contributed by atoms with E-state index in [4.69, 9.17) is 9.47 Å². The lowest BCUT2D eigenvalue weighted by Gasteiger charge is -2.07. The topological polar surface area (TPSA) is 59.9 Å². The maximum absolute atomic E-state index is 12.1. The van der Waals surface area contributed by atoms with Gasteiger partial charge in [0.15, 0.2) is 0 Å². The Morgan fingerprint density at radius 2 is 1.70 bits per heavy atom. The number of thioether (sulfide) groups is 1. The van der Waals surface area contributed by atoms with E-state index in [2.05, 4.69) is 10.5 Å². The fourth-order valence-corrected chi connectivity index (χ4v) is 2.27. The zero-order valence-corrected chi connectivity index (χ0v) is 14.0. The van der Waals surface area contributed by atoms with E-state index in [1.807, 2.05) is 30.5 Å². The molecule has 0 heterocycles. The number of carbonyl (C=O) groups excluding carboxylic acids is 1. The summed E-state index contributed by atoms with van der Waals surface area (Å²) in [5.41, 5.74) is 3.81. The maximum Gasteiger partial charge on any atom is 0.271 e. The lowest BCUT2D eigenvalue weighted by molar-refractivity contribution is 0.0954. The van der Waals surface area contributed by atoms with Crippen molar-refractivity contribution in [2.45, 2.75) is 4.90 Å². The number of amides is 1. The van der Waals surface area contributed by atoms with Crippen LogP contribution in [0.2, 0.25) is 0 Å². The van der Waals surface area contributed by atoms with Gasteiger partial charge in [0.25, 0.3) is 5.91 Å². The summed E-state index contributed by atoms with van der Waals surface area (Å²) in [7, 11) is 3.07. The molecule has 120 valence electrons. The van der Waals surface area contributed by atoms with Crippen LogP contribution >= 0.6 is 11.8 Å². The average molecular weight is 330 g/mol. The van der Waals surface area contributed by atoms with Gasteiger partial charge in [0.1, 0.15) is 11.5 Å². The molecule has 6 heteroatoms. The van der Waals surface area contributed by atoms with Gasteiger partial charge in [0.05, 0.1) is 20.4 Å². The lowest BCUT2D eigenvalue weighted by Crippen LogP contribution is -2.17. The van der Waals surface area contributed by atoms with Crippen LogP contribution in [-0.2, 0) is 0 Å². The van der Waals surface area contributed by atoms with Gasteiger partial charge in [-0.25, -0.2) is 5.43 Å². The van der Waals surface area contributed by atoms with Gasteiger partial charge in [-0.05, 0) is 36.1 Å². The quantitative estimate of drug-likeness (QED) is 0.502. The van der Waals surface area contributed by atoms with Crippen LogP contribution < -0.4 is 14.9 Å². The minimum Gasteiger partial charge on any atom is -0.497 e. The van der Waals surface area contributed by atoms with E-state index in [-0.39, 0.29) is 5.91 Å². The Hall–Kier alpha value is -2.47. The molecule has 2 aromatic rings. The van der Waals surface area contributed by atoms with Gasteiger partial charge in [-0.1, -0.05) is 12.1 Å².